The highest BCUT2D eigenvalue weighted by molar-refractivity contribution is 6.04. The van der Waals surface area contributed by atoms with Crippen LogP contribution >= 0.6 is 0 Å². The molecule has 25 heavy (non-hydrogen) atoms. The molecule has 0 spiro atoms. The molecule has 0 aliphatic heterocycles. The van der Waals surface area contributed by atoms with E-state index < -0.39 is 0 Å². The first-order valence-electron chi connectivity index (χ1n) is 7.66. The maximum atomic E-state index is 12.3. The van der Waals surface area contributed by atoms with Gasteiger partial charge in [0, 0.05) is 23.5 Å². The summed E-state index contributed by atoms with van der Waals surface area (Å²) in [6, 6.07) is 3.17. The van der Waals surface area contributed by atoms with E-state index in [0.717, 1.165) is 17.2 Å². The zero-order chi connectivity index (χ0) is 18.0. The lowest BCUT2D eigenvalue weighted by molar-refractivity contribution is 0.102. The van der Waals surface area contributed by atoms with Gasteiger partial charge in [0.15, 0.2) is 0 Å². The Morgan fingerprint density at radius 1 is 1.16 bits per heavy atom. The molecule has 0 bridgehead atoms. The molecule has 1 amide bonds. The van der Waals surface area contributed by atoms with E-state index in [1.54, 1.807) is 24.5 Å². The van der Waals surface area contributed by atoms with E-state index in [2.05, 4.69) is 25.3 Å². The zero-order valence-electron chi connectivity index (χ0n) is 14.4. The van der Waals surface area contributed by atoms with Crippen LogP contribution in [0.2, 0.25) is 0 Å². The Labute approximate surface area is 144 Å². The van der Waals surface area contributed by atoms with E-state index >= 15 is 0 Å². The third-order valence-corrected chi connectivity index (χ3v) is 3.81. The summed E-state index contributed by atoms with van der Waals surface area (Å²) in [5, 5.41) is 2.75. The molecule has 8 heteroatoms. The lowest BCUT2D eigenvalue weighted by Gasteiger charge is -2.08. The number of amides is 1. The van der Waals surface area contributed by atoms with Crippen LogP contribution in [0, 0.1) is 20.8 Å². The molecule has 3 rings (SSSR count). The average molecular weight is 338 g/mol. The van der Waals surface area contributed by atoms with Gasteiger partial charge in [-0.2, -0.15) is 0 Å². The predicted molar refractivity (Wildman–Crippen MR) is 92.1 cm³/mol. The van der Waals surface area contributed by atoms with Crippen LogP contribution < -0.4 is 10.1 Å². The molecule has 0 saturated carbocycles. The molecule has 8 nitrogen and oxygen atoms in total. The fraction of sp³-hybridized carbons (Fsp3) is 0.235. The standard InChI is InChI=1S/C17H18N6O2/c1-10-11(2)23(12(3)21-10)17-19-8-14(9-20-17)22-16(24)13-5-6-18-15(7-13)25-4/h5-9H,1-4H3,(H,22,24). The Morgan fingerprint density at radius 3 is 2.48 bits per heavy atom. The number of hydrogen-bond donors (Lipinski definition) is 1. The maximum Gasteiger partial charge on any atom is 0.255 e. The molecule has 0 radical (unpaired) electrons. The van der Waals surface area contributed by atoms with Gasteiger partial charge in [-0.05, 0) is 26.8 Å². The second-order valence-electron chi connectivity index (χ2n) is 5.48. The summed E-state index contributed by atoms with van der Waals surface area (Å²) >= 11 is 0. The fourth-order valence-corrected chi connectivity index (χ4v) is 2.44. The van der Waals surface area contributed by atoms with Gasteiger partial charge in [0.2, 0.25) is 11.8 Å². The van der Waals surface area contributed by atoms with Gasteiger partial charge in [0.1, 0.15) is 5.82 Å². The average Bonchev–Trinajstić information content (AvgIpc) is 2.88. The van der Waals surface area contributed by atoms with Crippen molar-refractivity contribution in [2.75, 3.05) is 12.4 Å². The summed E-state index contributed by atoms with van der Waals surface area (Å²) in [5.74, 6) is 1.42. The van der Waals surface area contributed by atoms with E-state index in [9.17, 15) is 4.79 Å². The number of nitrogens with zero attached hydrogens (tertiary/aromatic N) is 5. The summed E-state index contributed by atoms with van der Waals surface area (Å²) in [5.41, 5.74) is 2.85. The Balaban J connectivity index is 1.79. The van der Waals surface area contributed by atoms with Gasteiger partial charge in [-0.3, -0.25) is 9.36 Å². The molecule has 0 fully saturated rings. The van der Waals surface area contributed by atoms with Crippen molar-refractivity contribution in [1.29, 1.82) is 0 Å². The second kappa shape index (κ2) is 6.68. The van der Waals surface area contributed by atoms with Crippen molar-refractivity contribution in [3.63, 3.8) is 0 Å². The maximum absolute atomic E-state index is 12.3. The van der Waals surface area contributed by atoms with Crippen LogP contribution in [0.5, 0.6) is 5.88 Å². The molecule has 0 aliphatic carbocycles. The van der Waals surface area contributed by atoms with Gasteiger partial charge in [-0.1, -0.05) is 0 Å². The zero-order valence-corrected chi connectivity index (χ0v) is 14.4. The van der Waals surface area contributed by atoms with Crippen LogP contribution in [0.25, 0.3) is 5.95 Å². The number of pyridine rings is 1. The molecule has 0 atom stereocenters. The summed E-state index contributed by atoms with van der Waals surface area (Å²) in [7, 11) is 1.50. The normalized spacial score (nSPS) is 10.6. The number of imidazole rings is 1. The number of methoxy groups -OCH3 is 1. The Hall–Kier alpha value is -3.29. The summed E-state index contributed by atoms with van der Waals surface area (Å²) in [6.45, 7) is 5.80. The molecule has 0 unspecified atom stereocenters. The van der Waals surface area contributed by atoms with Crippen molar-refractivity contribution >= 4 is 11.6 Å². The van der Waals surface area contributed by atoms with Gasteiger partial charge in [-0.25, -0.2) is 19.9 Å². The van der Waals surface area contributed by atoms with Gasteiger partial charge >= 0.3 is 0 Å². The molecular weight excluding hydrogens is 320 g/mol. The minimum absolute atomic E-state index is 0.289. The summed E-state index contributed by atoms with van der Waals surface area (Å²) in [4.78, 5) is 29.3. The highest BCUT2D eigenvalue weighted by Gasteiger charge is 2.12. The van der Waals surface area contributed by atoms with Gasteiger partial charge in [-0.15, -0.1) is 0 Å². The van der Waals surface area contributed by atoms with E-state index in [0.29, 0.717) is 23.1 Å². The quantitative estimate of drug-likeness (QED) is 0.784. The molecule has 0 saturated heterocycles. The van der Waals surface area contributed by atoms with Crippen molar-refractivity contribution in [1.82, 2.24) is 24.5 Å². The molecule has 0 aromatic carbocycles. The fourth-order valence-electron chi connectivity index (χ4n) is 2.44. The van der Waals surface area contributed by atoms with E-state index in [1.165, 1.54) is 13.3 Å². The van der Waals surface area contributed by atoms with Crippen molar-refractivity contribution in [3.05, 3.63) is 53.5 Å². The van der Waals surface area contributed by atoms with Crippen LogP contribution in [0.3, 0.4) is 0 Å². The number of anilines is 1. The number of aryl methyl sites for hydroxylation is 2. The first-order valence-corrected chi connectivity index (χ1v) is 7.66. The molecule has 128 valence electrons. The smallest absolute Gasteiger partial charge is 0.255 e. The van der Waals surface area contributed by atoms with Crippen LogP contribution in [-0.2, 0) is 0 Å². The topological polar surface area (TPSA) is 94.8 Å². The number of rotatable bonds is 4. The number of carbonyl (C=O) groups excluding carboxylic acids is 1. The van der Waals surface area contributed by atoms with Crippen molar-refractivity contribution in [2.45, 2.75) is 20.8 Å². The number of nitrogens with one attached hydrogen (secondary N) is 1. The minimum atomic E-state index is -0.289. The number of hydrogen-bond acceptors (Lipinski definition) is 6. The highest BCUT2D eigenvalue weighted by atomic mass is 16.5. The largest absolute Gasteiger partial charge is 0.481 e. The Morgan fingerprint density at radius 2 is 1.88 bits per heavy atom. The molecule has 3 aromatic rings. The van der Waals surface area contributed by atoms with Crippen molar-refractivity contribution in [3.8, 4) is 11.8 Å². The number of ether oxygens (including phenoxy) is 1. The predicted octanol–water partition coefficient (Wildman–Crippen LogP) is 2.24. The van der Waals surface area contributed by atoms with Crippen LogP contribution in [0.15, 0.2) is 30.7 Å². The van der Waals surface area contributed by atoms with Gasteiger partial charge < -0.3 is 10.1 Å². The SMILES string of the molecule is COc1cc(C(=O)Nc2cnc(-n3c(C)nc(C)c3C)nc2)ccn1. The third-order valence-electron chi connectivity index (χ3n) is 3.81. The Kier molecular flexibility index (Phi) is 4.42. The second-order valence-corrected chi connectivity index (χ2v) is 5.48. The highest BCUT2D eigenvalue weighted by Crippen LogP contribution is 2.16. The molecule has 0 aliphatic rings. The molecule has 1 N–H and O–H groups in total. The van der Waals surface area contributed by atoms with Gasteiger partial charge in [0.05, 0.1) is 30.9 Å². The monoisotopic (exact) mass is 338 g/mol. The first-order chi connectivity index (χ1) is 12.0. The lowest BCUT2D eigenvalue weighted by Crippen LogP contribution is -2.13. The third kappa shape index (κ3) is 3.32. The van der Waals surface area contributed by atoms with E-state index in [1.807, 2.05) is 25.3 Å². The van der Waals surface area contributed by atoms with E-state index in [4.69, 9.17) is 4.74 Å². The molecule has 3 aromatic heterocycles. The van der Waals surface area contributed by atoms with Crippen molar-refractivity contribution < 1.29 is 9.53 Å². The van der Waals surface area contributed by atoms with Crippen molar-refractivity contribution in [2.24, 2.45) is 0 Å². The summed E-state index contributed by atoms with van der Waals surface area (Å²) in [6.07, 6.45) is 4.64. The summed E-state index contributed by atoms with van der Waals surface area (Å²) < 4.78 is 6.89. The first kappa shape index (κ1) is 16.6. The number of aromatic nitrogens is 5. The van der Waals surface area contributed by atoms with E-state index in [-0.39, 0.29) is 5.91 Å². The van der Waals surface area contributed by atoms with Gasteiger partial charge in [0.25, 0.3) is 5.91 Å². The minimum Gasteiger partial charge on any atom is -0.481 e. The molecule has 3 heterocycles. The van der Waals surface area contributed by atoms with Crippen LogP contribution in [0.4, 0.5) is 5.69 Å². The van der Waals surface area contributed by atoms with Crippen LogP contribution in [0.1, 0.15) is 27.6 Å². The molecular formula is C17H18N6O2. The lowest BCUT2D eigenvalue weighted by atomic mass is 10.2. The van der Waals surface area contributed by atoms with Crippen LogP contribution in [-0.4, -0.2) is 37.5 Å². The number of carbonyl (C=O) groups is 1. The Bertz CT molecular complexity index is 917.